The Bertz CT molecular complexity index is 499. The normalized spacial score (nSPS) is 32.0. The molecule has 1 aromatic carbocycles. The summed E-state index contributed by atoms with van der Waals surface area (Å²) >= 11 is 0. The standard InChI is InChI=1S/C17H20O4/c1-2-13-16(11-15-14(20-13)9-6-10-19-15)21-17(18)12-7-4-3-5-8-12/h2-5,7-8,13-16H,1,6,9-11H2/t13-,14+,15-,16-/m1/s1. The molecule has 112 valence electrons. The topological polar surface area (TPSA) is 44.8 Å². The van der Waals surface area contributed by atoms with Crippen LogP contribution in [-0.4, -0.2) is 37.0 Å². The molecule has 0 radical (unpaired) electrons. The second-order valence-corrected chi connectivity index (χ2v) is 5.47. The van der Waals surface area contributed by atoms with E-state index in [2.05, 4.69) is 6.58 Å². The Morgan fingerprint density at radius 3 is 2.86 bits per heavy atom. The van der Waals surface area contributed by atoms with Gasteiger partial charge in [-0.05, 0) is 25.0 Å². The van der Waals surface area contributed by atoms with Crippen LogP contribution in [0, 0.1) is 0 Å². The molecule has 2 aliphatic rings. The van der Waals surface area contributed by atoms with Crippen LogP contribution < -0.4 is 0 Å². The van der Waals surface area contributed by atoms with Gasteiger partial charge in [0, 0.05) is 13.0 Å². The van der Waals surface area contributed by atoms with E-state index in [1.807, 2.05) is 18.2 Å². The lowest BCUT2D eigenvalue weighted by molar-refractivity contribution is -0.189. The fourth-order valence-corrected chi connectivity index (χ4v) is 2.94. The van der Waals surface area contributed by atoms with Gasteiger partial charge in [-0.3, -0.25) is 0 Å². The largest absolute Gasteiger partial charge is 0.456 e. The lowest BCUT2D eigenvalue weighted by Gasteiger charge is -2.42. The Balaban J connectivity index is 1.68. The molecule has 0 N–H and O–H groups in total. The molecule has 2 saturated heterocycles. The predicted octanol–water partition coefficient (Wildman–Crippen LogP) is 2.73. The SMILES string of the molecule is C=C[C@H]1O[C@H]2CCCO[C@@H]2C[C@H]1OC(=O)c1ccccc1. The Labute approximate surface area is 124 Å². The molecular formula is C17H20O4. The average Bonchev–Trinajstić information content (AvgIpc) is 2.55. The number of esters is 1. The van der Waals surface area contributed by atoms with Gasteiger partial charge in [-0.1, -0.05) is 24.3 Å². The molecule has 21 heavy (non-hydrogen) atoms. The first-order valence-electron chi connectivity index (χ1n) is 7.43. The van der Waals surface area contributed by atoms with Crippen molar-refractivity contribution < 1.29 is 19.0 Å². The zero-order valence-electron chi connectivity index (χ0n) is 11.9. The number of benzene rings is 1. The van der Waals surface area contributed by atoms with Gasteiger partial charge in [-0.25, -0.2) is 4.79 Å². The first-order chi connectivity index (χ1) is 10.3. The van der Waals surface area contributed by atoms with Crippen molar-refractivity contribution in [2.75, 3.05) is 6.61 Å². The highest BCUT2D eigenvalue weighted by Gasteiger charge is 2.40. The maximum absolute atomic E-state index is 12.2. The summed E-state index contributed by atoms with van der Waals surface area (Å²) in [6.45, 7) is 4.55. The van der Waals surface area contributed by atoms with Crippen molar-refractivity contribution >= 4 is 5.97 Å². The molecule has 4 heteroatoms. The summed E-state index contributed by atoms with van der Waals surface area (Å²) < 4.78 is 17.3. The van der Waals surface area contributed by atoms with Crippen LogP contribution in [0.15, 0.2) is 43.0 Å². The number of hydrogen-bond acceptors (Lipinski definition) is 4. The first-order valence-corrected chi connectivity index (χ1v) is 7.43. The maximum atomic E-state index is 12.2. The summed E-state index contributed by atoms with van der Waals surface area (Å²) in [4.78, 5) is 12.2. The van der Waals surface area contributed by atoms with Crippen molar-refractivity contribution in [1.29, 1.82) is 0 Å². The van der Waals surface area contributed by atoms with E-state index >= 15 is 0 Å². The second kappa shape index (κ2) is 6.41. The molecular weight excluding hydrogens is 268 g/mol. The van der Waals surface area contributed by atoms with E-state index in [0.29, 0.717) is 12.0 Å². The van der Waals surface area contributed by atoms with Gasteiger partial charge in [0.2, 0.25) is 0 Å². The summed E-state index contributed by atoms with van der Waals surface area (Å²) in [5.41, 5.74) is 0.548. The molecule has 0 amide bonds. The van der Waals surface area contributed by atoms with Crippen LogP contribution in [0.2, 0.25) is 0 Å². The molecule has 0 aromatic heterocycles. The van der Waals surface area contributed by atoms with Gasteiger partial charge in [0.25, 0.3) is 0 Å². The Morgan fingerprint density at radius 1 is 1.29 bits per heavy atom. The van der Waals surface area contributed by atoms with Gasteiger partial charge in [0.15, 0.2) is 0 Å². The predicted molar refractivity (Wildman–Crippen MR) is 78.1 cm³/mol. The van der Waals surface area contributed by atoms with Crippen molar-refractivity contribution in [1.82, 2.24) is 0 Å². The lowest BCUT2D eigenvalue weighted by Crippen LogP contribution is -2.50. The minimum absolute atomic E-state index is 0.0172. The number of hydrogen-bond donors (Lipinski definition) is 0. The van der Waals surface area contributed by atoms with Gasteiger partial charge in [-0.2, -0.15) is 0 Å². The van der Waals surface area contributed by atoms with Crippen LogP contribution in [0.4, 0.5) is 0 Å². The lowest BCUT2D eigenvalue weighted by atomic mass is 9.93. The van der Waals surface area contributed by atoms with Crippen LogP contribution in [0.3, 0.4) is 0 Å². The fraction of sp³-hybridized carbons (Fsp3) is 0.471. The summed E-state index contributed by atoms with van der Waals surface area (Å²) in [6, 6.07) is 9.00. The summed E-state index contributed by atoms with van der Waals surface area (Å²) in [7, 11) is 0. The third-order valence-corrected chi connectivity index (χ3v) is 4.04. The first kappa shape index (κ1) is 14.3. The van der Waals surface area contributed by atoms with Crippen molar-refractivity contribution in [2.24, 2.45) is 0 Å². The quantitative estimate of drug-likeness (QED) is 0.633. The molecule has 0 aliphatic carbocycles. The van der Waals surface area contributed by atoms with Gasteiger partial charge < -0.3 is 14.2 Å². The van der Waals surface area contributed by atoms with Crippen LogP contribution in [-0.2, 0) is 14.2 Å². The Kier molecular flexibility index (Phi) is 4.36. The summed E-state index contributed by atoms with van der Waals surface area (Å²) in [5.74, 6) is -0.328. The molecule has 3 rings (SSSR count). The zero-order chi connectivity index (χ0) is 14.7. The van der Waals surface area contributed by atoms with Crippen LogP contribution >= 0.6 is 0 Å². The van der Waals surface area contributed by atoms with Crippen molar-refractivity contribution in [3.8, 4) is 0 Å². The van der Waals surface area contributed by atoms with Crippen LogP contribution in [0.1, 0.15) is 29.6 Å². The molecule has 0 spiro atoms. The average molecular weight is 288 g/mol. The van der Waals surface area contributed by atoms with Crippen LogP contribution in [0.25, 0.3) is 0 Å². The monoisotopic (exact) mass is 288 g/mol. The molecule has 0 saturated carbocycles. The van der Waals surface area contributed by atoms with Gasteiger partial charge in [-0.15, -0.1) is 6.58 Å². The van der Waals surface area contributed by atoms with Gasteiger partial charge >= 0.3 is 5.97 Å². The van der Waals surface area contributed by atoms with E-state index < -0.39 is 0 Å². The number of carbonyl (C=O) groups excluding carboxylic acids is 1. The third kappa shape index (κ3) is 3.17. The van der Waals surface area contributed by atoms with E-state index in [0.717, 1.165) is 19.4 Å². The van der Waals surface area contributed by atoms with E-state index in [-0.39, 0.29) is 30.4 Å². The van der Waals surface area contributed by atoms with E-state index in [1.165, 1.54) is 0 Å². The van der Waals surface area contributed by atoms with Crippen molar-refractivity contribution in [2.45, 2.75) is 43.7 Å². The number of carbonyl (C=O) groups is 1. The third-order valence-electron chi connectivity index (χ3n) is 4.04. The minimum atomic E-state index is -0.338. The maximum Gasteiger partial charge on any atom is 0.338 e. The fourth-order valence-electron chi connectivity index (χ4n) is 2.94. The molecule has 2 heterocycles. The molecule has 4 nitrogen and oxygen atoms in total. The smallest absolute Gasteiger partial charge is 0.338 e. The number of ether oxygens (including phenoxy) is 3. The van der Waals surface area contributed by atoms with Gasteiger partial charge in [0.1, 0.15) is 12.2 Å². The van der Waals surface area contributed by atoms with Gasteiger partial charge in [0.05, 0.1) is 17.8 Å². The van der Waals surface area contributed by atoms with Crippen molar-refractivity contribution in [3.63, 3.8) is 0 Å². The molecule has 0 unspecified atom stereocenters. The highest BCUT2D eigenvalue weighted by atomic mass is 16.6. The summed E-state index contributed by atoms with van der Waals surface area (Å²) in [5, 5.41) is 0. The van der Waals surface area contributed by atoms with E-state index in [1.54, 1.807) is 18.2 Å². The molecule has 2 fully saturated rings. The molecule has 0 bridgehead atoms. The molecule has 1 aromatic rings. The summed E-state index contributed by atoms with van der Waals surface area (Å²) in [6.07, 6.45) is 3.90. The van der Waals surface area contributed by atoms with Crippen molar-refractivity contribution in [3.05, 3.63) is 48.6 Å². The highest BCUT2D eigenvalue weighted by Crippen LogP contribution is 2.31. The number of rotatable bonds is 3. The molecule has 4 atom stereocenters. The second-order valence-electron chi connectivity index (χ2n) is 5.47. The van der Waals surface area contributed by atoms with E-state index in [4.69, 9.17) is 14.2 Å². The zero-order valence-corrected chi connectivity index (χ0v) is 11.9. The van der Waals surface area contributed by atoms with E-state index in [9.17, 15) is 4.79 Å². The Morgan fingerprint density at radius 2 is 2.10 bits per heavy atom. The number of fused-ring (bicyclic) bond motifs is 1. The molecule has 2 aliphatic heterocycles. The highest BCUT2D eigenvalue weighted by molar-refractivity contribution is 5.89. The Hall–Kier alpha value is -1.65. The van der Waals surface area contributed by atoms with Crippen LogP contribution in [0.5, 0.6) is 0 Å². The minimum Gasteiger partial charge on any atom is -0.456 e.